The Bertz CT molecular complexity index is 945. The smallest absolute Gasteiger partial charge is 0.160 e. The fourth-order valence-electron chi connectivity index (χ4n) is 3.63. The summed E-state index contributed by atoms with van der Waals surface area (Å²) < 4.78 is 29.7. The van der Waals surface area contributed by atoms with Crippen LogP contribution in [0.1, 0.15) is 11.1 Å². The van der Waals surface area contributed by atoms with E-state index in [2.05, 4.69) is 17.0 Å². The first-order valence-corrected chi connectivity index (χ1v) is 11.7. The minimum absolute atomic E-state index is 0.0850. The van der Waals surface area contributed by atoms with Gasteiger partial charge in [-0.25, -0.2) is 8.42 Å². The molecule has 1 saturated heterocycles. The van der Waals surface area contributed by atoms with Crippen molar-refractivity contribution >= 4 is 26.8 Å². The molecule has 0 bridgehead atoms. The molecule has 5 nitrogen and oxygen atoms in total. The Morgan fingerprint density at radius 2 is 1.85 bits per heavy atom. The molecule has 0 aliphatic carbocycles. The summed E-state index contributed by atoms with van der Waals surface area (Å²) in [4.78, 5) is 6.93. The number of ether oxygens (including phenoxy) is 1. The van der Waals surface area contributed by atoms with Crippen LogP contribution in [0.15, 0.2) is 59.6 Å². The van der Waals surface area contributed by atoms with E-state index < -0.39 is 9.84 Å². The first-order chi connectivity index (χ1) is 13.1. The number of sulfone groups is 1. The summed E-state index contributed by atoms with van der Waals surface area (Å²) in [5.74, 6) is 1.95. The van der Waals surface area contributed by atoms with Crippen molar-refractivity contribution < 1.29 is 13.2 Å². The highest BCUT2D eigenvalue weighted by atomic mass is 32.2. The first kappa shape index (κ1) is 18.4. The van der Waals surface area contributed by atoms with Gasteiger partial charge in [-0.3, -0.25) is 4.99 Å². The van der Waals surface area contributed by atoms with Crippen LogP contribution in [0, 0.1) is 0 Å². The van der Waals surface area contributed by atoms with Crippen LogP contribution in [0.3, 0.4) is 0 Å². The molecule has 27 heavy (non-hydrogen) atoms. The second-order valence-electron chi connectivity index (χ2n) is 6.84. The van der Waals surface area contributed by atoms with Crippen molar-refractivity contribution in [2.24, 2.45) is 4.99 Å². The molecule has 0 amide bonds. The van der Waals surface area contributed by atoms with Crippen molar-refractivity contribution in [2.75, 3.05) is 18.6 Å². The summed E-state index contributed by atoms with van der Waals surface area (Å²) >= 11 is 1.68. The summed E-state index contributed by atoms with van der Waals surface area (Å²) in [5.41, 5.74) is 2.27. The van der Waals surface area contributed by atoms with Gasteiger partial charge >= 0.3 is 0 Å². The third kappa shape index (κ3) is 3.99. The van der Waals surface area contributed by atoms with Crippen LogP contribution >= 0.6 is 11.8 Å². The lowest BCUT2D eigenvalue weighted by molar-refractivity contribution is 0.332. The molecule has 0 saturated carbocycles. The molecule has 2 aliphatic rings. The van der Waals surface area contributed by atoms with Crippen molar-refractivity contribution in [3.8, 4) is 5.75 Å². The highest BCUT2D eigenvalue weighted by molar-refractivity contribution is 8.13. The quantitative estimate of drug-likeness (QED) is 0.770. The Kier molecular flexibility index (Phi) is 5.14. The molecule has 2 aromatic carbocycles. The second-order valence-corrected chi connectivity index (χ2v) is 9.93. The molecule has 0 spiro atoms. The number of fused-ring (bicyclic) bond motifs is 1. The zero-order chi connectivity index (χ0) is 18.9. The summed E-state index contributed by atoms with van der Waals surface area (Å²) in [7, 11) is -1.37. The zero-order valence-electron chi connectivity index (χ0n) is 15.1. The van der Waals surface area contributed by atoms with E-state index in [1.165, 1.54) is 5.56 Å². The van der Waals surface area contributed by atoms with E-state index in [9.17, 15) is 8.42 Å². The normalized spacial score (nSPS) is 23.1. The van der Waals surface area contributed by atoms with Crippen LogP contribution in [-0.2, 0) is 22.1 Å². The fraction of sp³-hybridized carbons (Fsp3) is 0.350. The maximum Gasteiger partial charge on any atom is 0.160 e. The van der Waals surface area contributed by atoms with Crippen molar-refractivity contribution in [3.63, 3.8) is 0 Å². The Hall–Kier alpha value is -1.99. The number of hydrogen-bond donors (Lipinski definition) is 0. The number of para-hydroxylation sites is 1. The Balaban J connectivity index is 1.58. The third-order valence-corrected chi connectivity index (χ3v) is 7.73. The van der Waals surface area contributed by atoms with Gasteiger partial charge in [-0.1, -0.05) is 60.3 Å². The fourth-order valence-corrected chi connectivity index (χ4v) is 6.57. The van der Waals surface area contributed by atoms with Gasteiger partial charge in [0.25, 0.3) is 0 Å². The van der Waals surface area contributed by atoms with Crippen LogP contribution in [0.25, 0.3) is 0 Å². The van der Waals surface area contributed by atoms with Gasteiger partial charge in [0, 0.05) is 17.9 Å². The van der Waals surface area contributed by atoms with Crippen LogP contribution in [0.5, 0.6) is 5.75 Å². The number of hydrogen-bond acceptors (Lipinski definition) is 6. The topological polar surface area (TPSA) is 59.0 Å². The molecule has 0 radical (unpaired) electrons. The van der Waals surface area contributed by atoms with E-state index in [0.29, 0.717) is 6.54 Å². The highest BCUT2D eigenvalue weighted by Crippen LogP contribution is 2.34. The van der Waals surface area contributed by atoms with Gasteiger partial charge in [0.1, 0.15) is 5.75 Å². The highest BCUT2D eigenvalue weighted by Gasteiger charge is 2.46. The van der Waals surface area contributed by atoms with Crippen molar-refractivity contribution in [2.45, 2.75) is 24.4 Å². The number of nitrogens with zero attached hydrogens (tertiary/aromatic N) is 2. The average Bonchev–Trinajstić information content (AvgIpc) is 3.13. The second kappa shape index (κ2) is 7.56. The van der Waals surface area contributed by atoms with Gasteiger partial charge < -0.3 is 9.64 Å². The van der Waals surface area contributed by atoms with Crippen LogP contribution in [0.2, 0.25) is 0 Å². The van der Waals surface area contributed by atoms with E-state index in [0.717, 1.165) is 22.2 Å². The SMILES string of the molecule is COc1ccccc1CN1C(SCc2ccccc2)=N[C@H]2CS(=O)(=O)C[C@H]21. The van der Waals surface area contributed by atoms with Gasteiger partial charge in [-0.05, 0) is 11.6 Å². The van der Waals surface area contributed by atoms with Crippen molar-refractivity contribution in [1.82, 2.24) is 4.90 Å². The number of methoxy groups -OCH3 is 1. The van der Waals surface area contributed by atoms with Crippen molar-refractivity contribution in [3.05, 3.63) is 65.7 Å². The predicted molar refractivity (Wildman–Crippen MR) is 110 cm³/mol. The van der Waals surface area contributed by atoms with E-state index in [1.807, 2.05) is 42.5 Å². The largest absolute Gasteiger partial charge is 0.496 e. The van der Waals surface area contributed by atoms with Gasteiger partial charge in [0.05, 0.1) is 30.7 Å². The van der Waals surface area contributed by atoms with Crippen LogP contribution in [-0.4, -0.2) is 49.2 Å². The maximum absolute atomic E-state index is 12.1. The maximum atomic E-state index is 12.1. The Labute approximate surface area is 164 Å². The van der Waals surface area contributed by atoms with E-state index >= 15 is 0 Å². The molecular formula is C20H22N2O3S2. The molecule has 2 heterocycles. The first-order valence-electron chi connectivity index (χ1n) is 8.89. The molecule has 2 aliphatic heterocycles. The van der Waals surface area contributed by atoms with E-state index in [4.69, 9.17) is 9.73 Å². The minimum atomic E-state index is -3.03. The molecular weight excluding hydrogens is 380 g/mol. The molecule has 2 aromatic rings. The van der Waals surface area contributed by atoms with E-state index in [1.54, 1.807) is 18.9 Å². The molecule has 7 heteroatoms. The number of rotatable bonds is 5. The third-order valence-electron chi connectivity index (χ3n) is 4.96. The van der Waals surface area contributed by atoms with Crippen LogP contribution < -0.4 is 4.74 Å². The van der Waals surface area contributed by atoms with E-state index in [-0.39, 0.29) is 23.6 Å². The number of benzene rings is 2. The Morgan fingerprint density at radius 3 is 2.63 bits per heavy atom. The number of aliphatic imine (C=N–C) groups is 1. The van der Waals surface area contributed by atoms with Crippen LogP contribution in [0.4, 0.5) is 0 Å². The minimum Gasteiger partial charge on any atom is -0.496 e. The number of amidine groups is 1. The molecule has 2 atom stereocenters. The summed E-state index contributed by atoms with van der Waals surface area (Å²) in [5, 5.41) is 0.926. The molecule has 0 N–H and O–H groups in total. The van der Waals surface area contributed by atoms with Gasteiger partial charge in [-0.2, -0.15) is 0 Å². The van der Waals surface area contributed by atoms with Gasteiger partial charge in [-0.15, -0.1) is 0 Å². The monoisotopic (exact) mass is 402 g/mol. The average molecular weight is 403 g/mol. The standard InChI is InChI=1S/C20H22N2O3S2/c1-25-19-10-6-5-9-16(19)11-22-18-14-27(23,24)13-17(18)21-20(22)26-12-15-7-3-2-4-8-15/h2-10,17-18H,11-14H2,1H3/t17-,18+/m0/s1. The van der Waals surface area contributed by atoms with Crippen molar-refractivity contribution in [1.29, 1.82) is 0 Å². The lowest BCUT2D eigenvalue weighted by Gasteiger charge is -2.27. The predicted octanol–water partition coefficient (Wildman–Crippen LogP) is 2.97. The summed E-state index contributed by atoms with van der Waals surface area (Å²) in [6.45, 7) is 0.599. The lowest BCUT2D eigenvalue weighted by atomic mass is 10.1. The lowest BCUT2D eigenvalue weighted by Crippen LogP contribution is -2.38. The Morgan fingerprint density at radius 1 is 1.11 bits per heavy atom. The molecule has 0 aromatic heterocycles. The molecule has 1 fully saturated rings. The summed E-state index contributed by atoms with van der Waals surface area (Å²) in [6, 6.07) is 17.9. The van der Waals surface area contributed by atoms with Gasteiger partial charge in [0.2, 0.25) is 0 Å². The number of thioether (sulfide) groups is 1. The molecule has 142 valence electrons. The zero-order valence-corrected chi connectivity index (χ0v) is 16.7. The van der Waals surface area contributed by atoms with Gasteiger partial charge in [0.15, 0.2) is 15.0 Å². The summed E-state index contributed by atoms with van der Waals surface area (Å²) in [6.07, 6.45) is 0. The molecule has 0 unspecified atom stereocenters. The molecule has 4 rings (SSSR count).